The van der Waals surface area contributed by atoms with Crippen LogP contribution in [0.4, 0.5) is 0 Å². The van der Waals surface area contributed by atoms with Gasteiger partial charge >= 0.3 is 0 Å². The standard InChI is InChI=1S/C13H26N2O/c1-11-5-6-13(16-11)9-14-8-12-4-3-7-15(2)10-12/h11-14H,3-10H2,1-2H3. The van der Waals surface area contributed by atoms with E-state index < -0.39 is 0 Å². The van der Waals surface area contributed by atoms with Gasteiger partial charge in [0, 0.05) is 13.1 Å². The highest BCUT2D eigenvalue weighted by atomic mass is 16.5. The molecule has 2 rings (SSSR count). The first kappa shape index (κ1) is 12.3. The van der Waals surface area contributed by atoms with Crippen LogP contribution in [0.3, 0.4) is 0 Å². The van der Waals surface area contributed by atoms with E-state index in [2.05, 4.69) is 24.2 Å². The number of likely N-dealkylation sites (tertiary alicyclic amines) is 1. The Morgan fingerprint density at radius 1 is 1.25 bits per heavy atom. The summed E-state index contributed by atoms with van der Waals surface area (Å²) in [4.78, 5) is 2.45. The molecular weight excluding hydrogens is 200 g/mol. The molecule has 2 saturated heterocycles. The predicted octanol–water partition coefficient (Wildman–Crippen LogP) is 1.49. The Labute approximate surface area is 99.5 Å². The van der Waals surface area contributed by atoms with E-state index in [1.165, 1.54) is 45.3 Å². The van der Waals surface area contributed by atoms with Gasteiger partial charge in [0.15, 0.2) is 0 Å². The van der Waals surface area contributed by atoms with Crippen LogP contribution in [0.25, 0.3) is 0 Å². The van der Waals surface area contributed by atoms with Crippen molar-refractivity contribution in [2.24, 2.45) is 5.92 Å². The highest BCUT2D eigenvalue weighted by Crippen LogP contribution is 2.18. The monoisotopic (exact) mass is 226 g/mol. The maximum Gasteiger partial charge on any atom is 0.0704 e. The van der Waals surface area contributed by atoms with E-state index in [-0.39, 0.29) is 0 Å². The Balaban J connectivity index is 1.57. The van der Waals surface area contributed by atoms with Crippen molar-refractivity contribution in [2.75, 3.05) is 33.2 Å². The van der Waals surface area contributed by atoms with Crippen molar-refractivity contribution in [2.45, 2.75) is 44.8 Å². The number of nitrogens with one attached hydrogen (secondary N) is 1. The van der Waals surface area contributed by atoms with Crippen molar-refractivity contribution >= 4 is 0 Å². The Bertz CT molecular complexity index is 210. The second-order valence-corrected chi connectivity index (χ2v) is 5.57. The van der Waals surface area contributed by atoms with Gasteiger partial charge in [-0.05, 0) is 58.7 Å². The van der Waals surface area contributed by atoms with Gasteiger partial charge in [-0.25, -0.2) is 0 Å². The molecule has 0 spiro atoms. The van der Waals surface area contributed by atoms with Gasteiger partial charge in [-0.1, -0.05) is 0 Å². The van der Waals surface area contributed by atoms with Gasteiger partial charge in [0.25, 0.3) is 0 Å². The third-order valence-corrected chi connectivity index (χ3v) is 3.85. The Hall–Kier alpha value is -0.120. The van der Waals surface area contributed by atoms with Crippen LogP contribution in [0.15, 0.2) is 0 Å². The minimum atomic E-state index is 0.469. The molecule has 94 valence electrons. The number of rotatable bonds is 4. The van der Waals surface area contributed by atoms with E-state index in [1.54, 1.807) is 0 Å². The molecular formula is C13H26N2O. The fourth-order valence-corrected chi connectivity index (χ4v) is 2.92. The average molecular weight is 226 g/mol. The van der Waals surface area contributed by atoms with E-state index in [0.29, 0.717) is 12.2 Å². The van der Waals surface area contributed by atoms with Crippen LogP contribution < -0.4 is 5.32 Å². The van der Waals surface area contributed by atoms with Crippen LogP contribution in [0, 0.1) is 5.92 Å². The average Bonchev–Trinajstić information content (AvgIpc) is 2.64. The lowest BCUT2D eigenvalue weighted by Crippen LogP contribution is -2.39. The Morgan fingerprint density at radius 3 is 2.81 bits per heavy atom. The Kier molecular flexibility index (Phi) is 4.62. The van der Waals surface area contributed by atoms with Gasteiger partial charge in [-0.3, -0.25) is 0 Å². The molecule has 3 unspecified atom stereocenters. The summed E-state index contributed by atoms with van der Waals surface area (Å²) in [5.41, 5.74) is 0. The van der Waals surface area contributed by atoms with E-state index >= 15 is 0 Å². The second kappa shape index (κ2) is 5.99. The van der Waals surface area contributed by atoms with Crippen LogP contribution in [0.5, 0.6) is 0 Å². The molecule has 2 aliphatic heterocycles. The maximum absolute atomic E-state index is 5.80. The van der Waals surface area contributed by atoms with Gasteiger partial charge in [0.2, 0.25) is 0 Å². The molecule has 0 bridgehead atoms. The molecule has 3 atom stereocenters. The largest absolute Gasteiger partial charge is 0.374 e. The summed E-state index contributed by atoms with van der Waals surface area (Å²) in [5, 5.41) is 3.59. The summed E-state index contributed by atoms with van der Waals surface area (Å²) in [5.74, 6) is 0.845. The Morgan fingerprint density at radius 2 is 2.12 bits per heavy atom. The summed E-state index contributed by atoms with van der Waals surface area (Å²) < 4.78 is 5.80. The zero-order valence-electron chi connectivity index (χ0n) is 10.7. The van der Waals surface area contributed by atoms with Crippen LogP contribution in [-0.4, -0.2) is 50.3 Å². The molecule has 0 aliphatic carbocycles. The van der Waals surface area contributed by atoms with E-state index in [4.69, 9.17) is 4.74 Å². The lowest BCUT2D eigenvalue weighted by atomic mass is 9.98. The molecule has 2 heterocycles. The van der Waals surface area contributed by atoms with E-state index in [1.807, 2.05) is 0 Å². The van der Waals surface area contributed by atoms with E-state index in [9.17, 15) is 0 Å². The SMILES string of the molecule is CC1CCC(CNCC2CCCN(C)C2)O1. The predicted molar refractivity (Wildman–Crippen MR) is 66.7 cm³/mol. The highest BCUT2D eigenvalue weighted by molar-refractivity contribution is 4.76. The van der Waals surface area contributed by atoms with Gasteiger partial charge in [0.1, 0.15) is 0 Å². The van der Waals surface area contributed by atoms with Gasteiger partial charge in [-0.2, -0.15) is 0 Å². The van der Waals surface area contributed by atoms with Crippen molar-refractivity contribution in [3.63, 3.8) is 0 Å². The topological polar surface area (TPSA) is 24.5 Å². The quantitative estimate of drug-likeness (QED) is 0.786. The molecule has 16 heavy (non-hydrogen) atoms. The van der Waals surface area contributed by atoms with Crippen molar-refractivity contribution in [3.8, 4) is 0 Å². The molecule has 0 aromatic rings. The van der Waals surface area contributed by atoms with Crippen molar-refractivity contribution < 1.29 is 4.74 Å². The lowest BCUT2D eigenvalue weighted by molar-refractivity contribution is 0.0548. The van der Waals surface area contributed by atoms with Crippen LogP contribution in [-0.2, 0) is 4.74 Å². The minimum absolute atomic E-state index is 0.469. The van der Waals surface area contributed by atoms with Crippen molar-refractivity contribution in [3.05, 3.63) is 0 Å². The maximum atomic E-state index is 5.80. The van der Waals surface area contributed by atoms with Crippen molar-refractivity contribution in [1.29, 1.82) is 0 Å². The molecule has 2 aliphatic rings. The smallest absolute Gasteiger partial charge is 0.0704 e. The summed E-state index contributed by atoms with van der Waals surface area (Å²) in [7, 11) is 2.23. The second-order valence-electron chi connectivity index (χ2n) is 5.57. The zero-order valence-corrected chi connectivity index (χ0v) is 10.7. The number of piperidine rings is 1. The molecule has 0 radical (unpaired) electrons. The van der Waals surface area contributed by atoms with Crippen LogP contribution in [0.2, 0.25) is 0 Å². The zero-order chi connectivity index (χ0) is 11.4. The van der Waals surface area contributed by atoms with Gasteiger partial charge < -0.3 is 15.0 Å². The summed E-state index contributed by atoms with van der Waals surface area (Å²) in [6.07, 6.45) is 6.17. The third kappa shape index (κ3) is 3.72. The van der Waals surface area contributed by atoms with Gasteiger partial charge in [-0.15, -0.1) is 0 Å². The normalized spacial score (nSPS) is 36.8. The third-order valence-electron chi connectivity index (χ3n) is 3.85. The minimum Gasteiger partial charge on any atom is -0.374 e. The summed E-state index contributed by atoms with van der Waals surface area (Å²) >= 11 is 0. The number of hydrogen-bond acceptors (Lipinski definition) is 3. The number of ether oxygens (including phenoxy) is 1. The highest BCUT2D eigenvalue weighted by Gasteiger charge is 2.22. The number of hydrogen-bond donors (Lipinski definition) is 1. The summed E-state index contributed by atoms with van der Waals surface area (Å²) in [6, 6.07) is 0. The number of nitrogens with zero attached hydrogens (tertiary/aromatic N) is 1. The first-order chi connectivity index (χ1) is 7.74. The molecule has 1 N–H and O–H groups in total. The lowest BCUT2D eigenvalue weighted by Gasteiger charge is -2.30. The first-order valence-corrected chi connectivity index (χ1v) is 6.79. The molecule has 0 aromatic heterocycles. The molecule has 0 saturated carbocycles. The fourth-order valence-electron chi connectivity index (χ4n) is 2.92. The molecule has 2 fully saturated rings. The fraction of sp³-hybridized carbons (Fsp3) is 1.00. The van der Waals surface area contributed by atoms with Crippen LogP contribution in [0.1, 0.15) is 32.6 Å². The van der Waals surface area contributed by atoms with Crippen molar-refractivity contribution in [1.82, 2.24) is 10.2 Å². The molecule has 0 aromatic carbocycles. The van der Waals surface area contributed by atoms with E-state index in [0.717, 1.165) is 12.5 Å². The summed E-state index contributed by atoms with van der Waals surface area (Å²) in [6.45, 7) is 6.92. The molecule has 0 amide bonds. The van der Waals surface area contributed by atoms with Gasteiger partial charge in [0.05, 0.1) is 12.2 Å². The first-order valence-electron chi connectivity index (χ1n) is 6.79. The van der Waals surface area contributed by atoms with Crippen LogP contribution >= 0.6 is 0 Å². The molecule has 3 nitrogen and oxygen atoms in total. The molecule has 3 heteroatoms.